The Hall–Kier alpha value is -6.00. The number of allylic oxidation sites excluding steroid dienone is 3. The van der Waals surface area contributed by atoms with Gasteiger partial charge >= 0.3 is 5.69 Å². The van der Waals surface area contributed by atoms with Crippen LogP contribution in [0.1, 0.15) is 16.8 Å². The van der Waals surface area contributed by atoms with Crippen LogP contribution in [0.15, 0.2) is 125 Å². The molecule has 4 aromatic rings. The van der Waals surface area contributed by atoms with Gasteiger partial charge in [-0.3, -0.25) is 19.1 Å². The minimum absolute atomic E-state index is 0.0872. The van der Waals surface area contributed by atoms with E-state index in [2.05, 4.69) is 16.0 Å². The predicted octanol–water partition coefficient (Wildman–Crippen LogP) is 4.55. The van der Waals surface area contributed by atoms with Crippen molar-refractivity contribution < 1.29 is 23.0 Å². The number of nitrogens with zero attached hydrogens (tertiary/aromatic N) is 4. The zero-order valence-electron chi connectivity index (χ0n) is 25.2. The first-order valence-electron chi connectivity index (χ1n) is 14.7. The number of hydrogen-bond donors (Lipinski definition) is 1. The van der Waals surface area contributed by atoms with Gasteiger partial charge in [-0.2, -0.15) is 0 Å². The third-order valence-corrected chi connectivity index (χ3v) is 7.54. The highest BCUT2D eigenvalue weighted by Crippen LogP contribution is 2.30. The second-order valence-electron chi connectivity index (χ2n) is 10.6. The molecule has 0 saturated carbocycles. The second-order valence-corrected chi connectivity index (χ2v) is 10.6. The number of fused-ring (bicyclic) bond motifs is 1. The maximum atomic E-state index is 15.4. The van der Waals surface area contributed by atoms with Crippen LogP contribution in [0.5, 0.6) is 11.5 Å². The van der Waals surface area contributed by atoms with Gasteiger partial charge in [-0.25, -0.2) is 18.1 Å². The van der Waals surface area contributed by atoms with Gasteiger partial charge in [0.15, 0.2) is 12.3 Å². The molecule has 12 heteroatoms. The molecule has 2 aromatic heterocycles. The molecule has 2 atom stereocenters. The van der Waals surface area contributed by atoms with Gasteiger partial charge in [0.2, 0.25) is 0 Å². The number of hydrogen-bond acceptors (Lipinski definition) is 7. The number of pyridine rings is 1. The van der Waals surface area contributed by atoms with Crippen LogP contribution in [0.2, 0.25) is 0 Å². The average molecular weight is 638 g/mol. The lowest BCUT2D eigenvalue weighted by molar-refractivity contribution is 0.0962. The van der Waals surface area contributed by atoms with Gasteiger partial charge in [-0.15, -0.1) is 5.73 Å². The quantitative estimate of drug-likeness (QED) is 0.269. The van der Waals surface area contributed by atoms with Crippen LogP contribution in [0.3, 0.4) is 0 Å². The summed E-state index contributed by atoms with van der Waals surface area (Å²) in [5.41, 5.74) is 1.86. The summed E-state index contributed by atoms with van der Waals surface area (Å²) in [7, 11) is 1.54. The molecule has 0 bridgehead atoms. The third kappa shape index (κ3) is 6.82. The number of halogens is 2. The summed E-state index contributed by atoms with van der Waals surface area (Å²) < 4.78 is 42.4. The number of methoxy groups -OCH3 is 1. The van der Waals surface area contributed by atoms with Crippen LogP contribution in [-0.2, 0) is 6.54 Å². The van der Waals surface area contributed by atoms with E-state index in [1.165, 1.54) is 48.2 Å². The van der Waals surface area contributed by atoms with E-state index >= 15 is 4.39 Å². The van der Waals surface area contributed by atoms with E-state index in [0.29, 0.717) is 35.4 Å². The number of amides is 1. The average Bonchev–Trinajstić information content (AvgIpc) is 3.35. The Morgan fingerprint density at radius 2 is 1.96 bits per heavy atom. The lowest BCUT2D eigenvalue weighted by Crippen LogP contribution is -2.44. The zero-order chi connectivity index (χ0) is 32.9. The summed E-state index contributed by atoms with van der Waals surface area (Å²) in [6, 6.07) is 11.7. The third-order valence-electron chi connectivity index (χ3n) is 7.54. The predicted molar refractivity (Wildman–Crippen MR) is 172 cm³/mol. The molecule has 2 aromatic carbocycles. The largest absolute Gasteiger partial charge is 0.497 e. The Kier molecular flexibility index (Phi) is 8.94. The van der Waals surface area contributed by atoms with E-state index in [0.717, 1.165) is 16.7 Å². The van der Waals surface area contributed by atoms with Crippen molar-refractivity contribution >= 4 is 16.8 Å². The molecule has 238 valence electrons. The second kappa shape index (κ2) is 13.6. The van der Waals surface area contributed by atoms with Gasteiger partial charge in [0.1, 0.15) is 22.9 Å². The lowest BCUT2D eigenvalue weighted by Gasteiger charge is -2.23. The van der Waals surface area contributed by atoms with Crippen molar-refractivity contribution in [2.24, 2.45) is 0 Å². The lowest BCUT2D eigenvalue weighted by atomic mass is 10.1. The molecule has 0 spiro atoms. The molecule has 6 rings (SSSR count). The molecule has 1 N–H and O–H groups in total. The van der Waals surface area contributed by atoms with Crippen molar-refractivity contribution in [2.75, 3.05) is 13.7 Å². The summed E-state index contributed by atoms with van der Waals surface area (Å²) >= 11 is 0. The van der Waals surface area contributed by atoms with Gasteiger partial charge in [0.25, 0.3) is 11.5 Å². The van der Waals surface area contributed by atoms with Crippen LogP contribution in [0.25, 0.3) is 16.6 Å². The number of carbonyl (C=O) groups is 1. The number of ether oxygens (including phenoxy) is 2. The SMILES string of the molecule is COc1ccc2nccc(OC3C=CC(NC(=O)c4cn(CCN5C=C=CCC=C5)c(=O)n(-c5ccc(F)cc5)c4=O)=CC3F)c2c1. The van der Waals surface area contributed by atoms with Gasteiger partial charge in [0.05, 0.1) is 18.3 Å². The first kappa shape index (κ1) is 31.0. The Labute approximate surface area is 267 Å². The maximum Gasteiger partial charge on any atom is 0.335 e. The molecule has 47 heavy (non-hydrogen) atoms. The van der Waals surface area contributed by atoms with Crippen molar-refractivity contribution in [2.45, 2.75) is 25.2 Å². The Bertz CT molecular complexity index is 2110. The number of rotatable bonds is 9. The first-order valence-corrected chi connectivity index (χ1v) is 14.7. The maximum absolute atomic E-state index is 15.4. The van der Waals surface area contributed by atoms with E-state index in [1.807, 2.05) is 23.3 Å². The van der Waals surface area contributed by atoms with Crippen molar-refractivity contribution in [3.05, 3.63) is 147 Å². The zero-order valence-corrected chi connectivity index (χ0v) is 25.2. The van der Waals surface area contributed by atoms with Crippen LogP contribution in [-0.4, -0.2) is 50.9 Å². The highest BCUT2D eigenvalue weighted by atomic mass is 19.1. The fourth-order valence-corrected chi connectivity index (χ4v) is 5.11. The van der Waals surface area contributed by atoms with Gasteiger partial charge in [-0.05, 0) is 79.3 Å². The smallest absolute Gasteiger partial charge is 0.335 e. The minimum Gasteiger partial charge on any atom is -0.497 e. The van der Waals surface area contributed by atoms with Crippen molar-refractivity contribution in [3.8, 4) is 17.2 Å². The summed E-state index contributed by atoms with van der Waals surface area (Å²) in [5.74, 6) is -0.418. The molecule has 3 heterocycles. The molecular weight excluding hydrogens is 608 g/mol. The minimum atomic E-state index is -1.65. The highest BCUT2D eigenvalue weighted by Gasteiger charge is 2.25. The summed E-state index contributed by atoms with van der Waals surface area (Å²) in [4.78, 5) is 46.6. The Morgan fingerprint density at radius 3 is 2.74 bits per heavy atom. The molecular formula is C35H29F2N5O5. The summed E-state index contributed by atoms with van der Waals surface area (Å²) in [6.45, 7) is 0.436. The van der Waals surface area contributed by atoms with Gasteiger partial charge in [-0.1, -0.05) is 6.08 Å². The molecule has 1 aliphatic heterocycles. The fourth-order valence-electron chi connectivity index (χ4n) is 5.11. The summed E-state index contributed by atoms with van der Waals surface area (Å²) in [5, 5.41) is 3.21. The van der Waals surface area contributed by atoms with Crippen LogP contribution in [0, 0.1) is 5.82 Å². The van der Waals surface area contributed by atoms with Crippen molar-refractivity contribution in [3.63, 3.8) is 0 Å². The number of nitrogens with one attached hydrogen (secondary N) is 1. The number of carbonyl (C=O) groups excluding carboxylic acids is 1. The Morgan fingerprint density at radius 1 is 1.13 bits per heavy atom. The van der Waals surface area contributed by atoms with Gasteiger partial charge in [0, 0.05) is 49.0 Å². The molecule has 1 amide bonds. The monoisotopic (exact) mass is 637 g/mol. The first-order chi connectivity index (χ1) is 22.8. The number of benzene rings is 2. The number of aromatic nitrogens is 3. The van der Waals surface area contributed by atoms with Crippen LogP contribution < -0.4 is 26.0 Å². The van der Waals surface area contributed by atoms with E-state index in [9.17, 15) is 18.8 Å². The van der Waals surface area contributed by atoms with Gasteiger partial charge < -0.3 is 19.7 Å². The summed E-state index contributed by atoms with van der Waals surface area (Å²) in [6.07, 6.45) is 12.2. The van der Waals surface area contributed by atoms with Crippen LogP contribution >= 0.6 is 0 Å². The fraction of sp³-hybridized carbons (Fsp3) is 0.171. The van der Waals surface area contributed by atoms with E-state index in [4.69, 9.17) is 9.47 Å². The standard InChI is InChI=1S/C35H29F2N5O5/c1-46-26-11-12-30-27(21-26)31(14-15-38-30)47-32-13-8-24(20-29(32)37)39-33(43)28-22-41(19-18-40-16-4-2-3-5-17-40)35(45)42(34(28)44)25-9-6-23(36)7-10-25/h2,5-17,20-22,29,32H,3,18-19H2,1H3,(H,39,43). The molecule has 1 aliphatic carbocycles. The van der Waals surface area contributed by atoms with Crippen molar-refractivity contribution in [1.82, 2.24) is 24.3 Å². The normalized spacial score (nSPS) is 17.0. The molecule has 2 aliphatic rings. The molecule has 2 unspecified atom stereocenters. The molecule has 0 saturated heterocycles. The van der Waals surface area contributed by atoms with Crippen molar-refractivity contribution in [1.29, 1.82) is 0 Å². The van der Waals surface area contributed by atoms with E-state index < -0.39 is 35.2 Å². The van der Waals surface area contributed by atoms with E-state index in [-0.39, 0.29) is 23.5 Å². The van der Waals surface area contributed by atoms with E-state index in [1.54, 1.807) is 36.7 Å². The molecule has 0 fully saturated rings. The topological polar surface area (TPSA) is 108 Å². The number of alkyl halides is 1. The molecule has 0 radical (unpaired) electrons. The molecule has 10 nitrogen and oxygen atoms in total. The highest BCUT2D eigenvalue weighted by molar-refractivity contribution is 5.95. The van der Waals surface area contributed by atoms with Crippen LogP contribution in [0.4, 0.5) is 8.78 Å². The Balaban J connectivity index is 1.25.